The lowest BCUT2D eigenvalue weighted by atomic mass is 10.1. The molecular weight excluding hydrogens is 252 g/mol. The first-order valence-corrected chi connectivity index (χ1v) is 7.94. The molecule has 0 bridgehead atoms. The second-order valence-corrected chi connectivity index (χ2v) is 6.88. The average molecular weight is 270 g/mol. The van der Waals surface area contributed by atoms with Crippen LogP contribution in [-0.4, -0.2) is 26.5 Å². The minimum atomic E-state index is -3.08. The van der Waals surface area contributed by atoms with Gasteiger partial charge in [0.25, 0.3) is 0 Å². The van der Waals surface area contributed by atoms with Gasteiger partial charge in [-0.15, -0.1) is 0 Å². The van der Waals surface area contributed by atoms with Gasteiger partial charge in [0, 0.05) is 6.26 Å². The monoisotopic (exact) mass is 270 g/mol. The fourth-order valence-electron chi connectivity index (χ4n) is 1.70. The van der Waals surface area contributed by atoms with E-state index in [1.165, 1.54) is 6.26 Å². The SMILES string of the molecule is CS(=O)(=O)CC(NN)c1ccc(OC2CC2)cc1. The summed E-state index contributed by atoms with van der Waals surface area (Å²) in [5, 5.41) is 0. The van der Waals surface area contributed by atoms with Crippen molar-refractivity contribution in [3.05, 3.63) is 29.8 Å². The molecule has 0 heterocycles. The minimum absolute atomic E-state index is 0.0215. The molecule has 0 aliphatic heterocycles. The quantitative estimate of drug-likeness (QED) is 0.589. The van der Waals surface area contributed by atoms with E-state index in [0.717, 1.165) is 24.2 Å². The first-order valence-electron chi connectivity index (χ1n) is 5.88. The van der Waals surface area contributed by atoms with E-state index >= 15 is 0 Å². The lowest BCUT2D eigenvalue weighted by Gasteiger charge is -2.15. The van der Waals surface area contributed by atoms with E-state index < -0.39 is 15.9 Å². The van der Waals surface area contributed by atoms with Crippen molar-refractivity contribution < 1.29 is 13.2 Å². The van der Waals surface area contributed by atoms with Crippen molar-refractivity contribution in [3.8, 4) is 5.75 Å². The molecule has 0 radical (unpaired) electrons. The van der Waals surface area contributed by atoms with Gasteiger partial charge in [0.2, 0.25) is 0 Å². The van der Waals surface area contributed by atoms with Crippen molar-refractivity contribution in [2.24, 2.45) is 5.84 Å². The molecule has 0 saturated heterocycles. The predicted octanol–water partition coefficient (Wildman–Crippen LogP) is 0.777. The Kier molecular flexibility index (Phi) is 3.89. The number of rotatable bonds is 6. The van der Waals surface area contributed by atoms with E-state index in [4.69, 9.17) is 10.6 Å². The van der Waals surface area contributed by atoms with E-state index in [1.54, 1.807) is 0 Å². The van der Waals surface area contributed by atoms with E-state index in [0.29, 0.717) is 6.10 Å². The molecule has 1 aromatic rings. The van der Waals surface area contributed by atoms with Gasteiger partial charge in [0.15, 0.2) is 0 Å². The number of nitrogens with two attached hydrogens (primary N) is 1. The maximum Gasteiger partial charge on any atom is 0.149 e. The van der Waals surface area contributed by atoms with Gasteiger partial charge in [-0.25, -0.2) is 8.42 Å². The number of nitrogens with one attached hydrogen (secondary N) is 1. The zero-order chi connectivity index (χ0) is 13.2. The molecule has 1 fully saturated rings. The maximum atomic E-state index is 11.3. The standard InChI is InChI=1S/C12H18N2O3S/c1-18(15,16)8-12(14-13)9-2-4-10(5-3-9)17-11-6-7-11/h2-5,11-12,14H,6-8,13H2,1H3. The van der Waals surface area contributed by atoms with Crippen molar-refractivity contribution in [3.63, 3.8) is 0 Å². The first-order chi connectivity index (χ1) is 8.48. The van der Waals surface area contributed by atoms with Crippen molar-refractivity contribution >= 4 is 9.84 Å². The zero-order valence-electron chi connectivity index (χ0n) is 10.3. The molecule has 1 aromatic carbocycles. The fraction of sp³-hybridized carbons (Fsp3) is 0.500. The lowest BCUT2D eigenvalue weighted by Crippen LogP contribution is -2.32. The van der Waals surface area contributed by atoms with Gasteiger partial charge in [0.05, 0.1) is 17.9 Å². The highest BCUT2D eigenvalue weighted by Gasteiger charge is 2.23. The van der Waals surface area contributed by atoms with Crippen molar-refractivity contribution in [2.75, 3.05) is 12.0 Å². The molecule has 0 aromatic heterocycles. The van der Waals surface area contributed by atoms with Crippen LogP contribution in [0.3, 0.4) is 0 Å². The van der Waals surface area contributed by atoms with Gasteiger partial charge in [-0.1, -0.05) is 12.1 Å². The number of benzene rings is 1. The summed E-state index contributed by atoms with van der Waals surface area (Å²) in [6.07, 6.45) is 3.78. The molecule has 18 heavy (non-hydrogen) atoms. The molecule has 6 heteroatoms. The highest BCUT2D eigenvalue weighted by atomic mass is 32.2. The smallest absolute Gasteiger partial charge is 0.149 e. The first kappa shape index (κ1) is 13.3. The maximum absolute atomic E-state index is 11.3. The summed E-state index contributed by atoms with van der Waals surface area (Å²) in [7, 11) is -3.08. The third kappa shape index (κ3) is 3.97. The number of hydrogen-bond acceptors (Lipinski definition) is 5. The molecule has 0 amide bonds. The molecule has 5 nitrogen and oxygen atoms in total. The Morgan fingerprint density at radius 3 is 2.44 bits per heavy atom. The third-order valence-electron chi connectivity index (χ3n) is 2.78. The summed E-state index contributed by atoms with van der Waals surface area (Å²) < 4.78 is 28.2. The molecule has 100 valence electrons. The van der Waals surface area contributed by atoms with E-state index in [1.807, 2.05) is 24.3 Å². The van der Waals surface area contributed by atoms with Crippen LogP contribution in [0.2, 0.25) is 0 Å². The fourth-order valence-corrected chi connectivity index (χ4v) is 2.59. The van der Waals surface area contributed by atoms with Gasteiger partial charge in [-0.2, -0.15) is 0 Å². The van der Waals surface area contributed by atoms with E-state index in [2.05, 4.69) is 5.43 Å². The van der Waals surface area contributed by atoms with Crippen LogP contribution >= 0.6 is 0 Å². The van der Waals surface area contributed by atoms with Crippen LogP contribution < -0.4 is 16.0 Å². The zero-order valence-corrected chi connectivity index (χ0v) is 11.1. The van der Waals surface area contributed by atoms with Crippen molar-refractivity contribution in [1.29, 1.82) is 0 Å². The van der Waals surface area contributed by atoms with Crippen LogP contribution in [0.15, 0.2) is 24.3 Å². The highest BCUT2D eigenvalue weighted by molar-refractivity contribution is 7.90. The summed E-state index contributed by atoms with van der Waals surface area (Å²) in [5.41, 5.74) is 3.37. The van der Waals surface area contributed by atoms with Gasteiger partial charge in [0.1, 0.15) is 15.6 Å². The predicted molar refractivity (Wildman–Crippen MR) is 69.9 cm³/mol. The normalized spacial score (nSPS) is 17.4. The largest absolute Gasteiger partial charge is 0.490 e. The number of hydrazine groups is 1. The molecule has 1 unspecified atom stereocenters. The Labute approximate surface area is 107 Å². The van der Waals surface area contributed by atoms with Crippen LogP contribution in [0.4, 0.5) is 0 Å². The van der Waals surface area contributed by atoms with Crippen LogP contribution in [0.25, 0.3) is 0 Å². The average Bonchev–Trinajstić information content (AvgIpc) is 3.10. The highest BCUT2D eigenvalue weighted by Crippen LogP contribution is 2.27. The minimum Gasteiger partial charge on any atom is -0.490 e. The van der Waals surface area contributed by atoms with Crippen LogP contribution in [0, 0.1) is 0 Å². The van der Waals surface area contributed by atoms with Gasteiger partial charge in [-0.05, 0) is 30.5 Å². The molecule has 1 saturated carbocycles. The lowest BCUT2D eigenvalue weighted by molar-refractivity contribution is 0.303. The Bertz CT molecular complexity index is 495. The van der Waals surface area contributed by atoms with Gasteiger partial charge < -0.3 is 4.74 Å². The number of sulfone groups is 1. The van der Waals surface area contributed by atoms with Crippen LogP contribution in [0.5, 0.6) is 5.75 Å². The Hall–Kier alpha value is -1.11. The Morgan fingerprint density at radius 2 is 2.00 bits per heavy atom. The second kappa shape index (κ2) is 5.26. The number of ether oxygens (including phenoxy) is 1. The van der Waals surface area contributed by atoms with Gasteiger partial charge >= 0.3 is 0 Å². The van der Waals surface area contributed by atoms with Crippen molar-refractivity contribution in [1.82, 2.24) is 5.43 Å². The van der Waals surface area contributed by atoms with Gasteiger partial charge in [-0.3, -0.25) is 11.3 Å². The van der Waals surface area contributed by atoms with E-state index in [9.17, 15) is 8.42 Å². The summed E-state index contributed by atoms with van der Waals surface area (Å²) >= 11 is 0. The molecule has 2 rings (SSSR count). The Balaban J connectivity index is 2.05. The number of hydrogen-bond donors (Lipinski definition) is 2. The van der Waals surface area contributed by atoms with Crippen LogP contribution in [0.1, 0.15) is 24.4 Å². The summed E-state index contributed by atoms with van der Waals surface area (Å²) in [5.74, 6) is 6.19. The van der Waals surface area contributed by atoms with Crippen LogP contribution in [-0.2, 0) is 9.84 Å². The van der Waals surface area contributed by atoms with Crippen molar-refractivity contribution in [2.45, 2.75) is 25.0 Å². The third-order valence-corrected chi connectivity index (χ3v) is 3.72. The summed E-state index contributed by atoms with van der Waals surface area (Å²) in [6, 6.07) is 6.98. The topological polar surface area (TPSA) is 81.4 Å². The summed E-state index contributed by atoms with van der Waals surface area (Å²) in [6.45, 7) is 0. The molecular formula is C12H18N2O3S. The summed E-state index contributed by atoms with van der Waals surface area (Å²) in [4.78, 5) is 0. The second-order valence-electron chi connectivity index (χ2n) is 4.70. The Morgan fingerprint density at radius 1 is 1.39 bits per heavy atom. The molecule has 3 N–H and O–H groups in total. The molecule has 1 atom stereocenters. The molecule has 1 aliphatic rings. The molecule has 1 aliphatic carbocycles. The molecule has 0 spiro atoms. The van der Waals surface area contributed by atoms with E-state index in [-0.39, 0.29) is 5.75 Å².